The van der Waals surface area contributed by atoms with Gasteiger partial charge in [-0.1, -0.05) is 23.8 Å². The highest BCUT2D eigenvalue weighted by atomic mass is 16.5. The van der Waals surface area contributed by atoms with Gasteiger partial charge in [-0.2, -0.15) is 0 Å². The molecule has 0 spiro atoms. The number of rotatable bonds is 0. The number of ether oxygens (including phenoxy) is 1. The van der Waals surface area contributed by atoms with E-state index in [0.717, 1.165) is 43.3 Å². The van der Waals surface area contributed by atoms with Gasteiger partial charge in [0, 0.05) is 5.57 Å². The molecular weight excluding hydrogens is 212 g/mol. The molecule has 1 saturated heterocycles. The zero-order valence-electron chi connectivity index (χ0n) is 10.7. The standard InChI is InChI=1S/C15H20O2/c1-3-12-13-9-5-4-7-11(2)8-6-10-14(13)17-15(12)16/h3,7,9,14H,4-6,8,10H2,1-2H3/b11-7-,12-3+,13-9-/t14-/m0/s1. The lowest BCUT2D eigenvalue weighted by molar-refractivity contribution is -0.138. The first kappa shape index (κ1) is 12.2. The molecule has 2 nitrogen and oxygen atoms in total. The van der Waals surface area contributed by atoms with Crippen molar-refractivity contribution in [1.29, 1.82) is 0 Å². The number of hydrogen-bond donors (Lipinski definition) is 0. The Labute approximate surface area is 103 Å². The van der Waals surface area contributed by atoms with Gasteiger partial charge in [-0.25, -0.2) is 4.79 Å². The quantitative estimate of drug-likeness (QED) is 0.361. The molecule has 0 radical (unpaired) electrons. The van der Waals surface area contributed by atoms with E-state index in [9.17, 15) is 4.79 Å². The summed E-state index contributed by atoms with van der Waals surface area (Å²) in [5, 5.41) is 0. The van der Waals surface area contributed by atoms with E-state index in [2.05, 4.69) is 19.1 Å². The minimum absolute atomic E-state index is 0.000370. The summed E-state index contributed by atoms with van der Waals surface area (Å²) in [4.78, 5) is 11.7. The number of hydrogen-bond acceptors (Lipinski definition) is 2. The molecule has 2 heteroatoms. The van der Waals surface area contributed by atoms with Crippen molar-refractivity contribution in [3.8, 4) is 0 Å². The Hall–Kier alpha value is -1.31. The first-order valence-electron chi connectivity index (χ1n) is 6.45. The van der Waals surface area contributed by atoms with Crippen LogP contribution >= 0.6 is 0 Å². The zero-order chi connectivity index (χ0) is 12.3. The van der Waals surface area contributed by atoms with E-state index in [4.69, 9.17) is 4.74 Å². The molecular formula is C15H20O2. The lowest BCUT2D eigenvalue weighted by Gasteiger charge is -2.12. The normalized spacial score (nSPS) is 34.4. The minimum Gasteiger partial charge on any atom is -0.454 e. The molecule has 0 N–H and O–H groups in total. The molecule has 0 aromatic heterocycles. The third-order valence-corrected chi connectivity index (χ3v) is 3.48. The van der Waals surface area contributed by atoms with Crippen molar-refractivity contribution >= 4 is 5.97 Å². The van der Waals surface area contributed by atoms with E-state index in [0.29, 0.717) is 0 Å². The molecule has 1 aliphatic heterocycles. The van der Waals surface area contributed by atoms with Crippen LogP contribution < -0.4 is 0 Å². The average molecular weight is 232 g/mol. The topological polar surface area (TPSA) is 26.3 Å². The highest BCUT2D eigenvalue weighted by Crippen LogP contribution is 2.31. The summed E-state index contributed by atoms with van der Waals surface area (Å²) in [6.07, 6.45) is 11.6. The number of esters is 1. The van der Waals surface area contributed by atoms with E-state index in [1.807, 2.05) is 13.0 Å². The number of allylic oxidation sites excluding steroid dienone is 4. The van der Waals surface area contributed by atoms with Gasteiger partial charge in [0.2, 0.25) is 0 Å². The SMILES string of the molecule is C/C=C1C(=O)O[C@H]2CCC/C(C)=C\CC/C=C/12. The maximum atomic E-state index is 11.7. The number of carbonyl (C=O) groups excluding carboxylic acids is 1. The Morgan fingerprint density at radius 2 is 2.12 bits per heavy atom. The molecule has 0 aromatic carbocycles. The van der Waals surface area contributed by atoms with Crippen LogP contribution in [0.1, 0.15) is 46.0 Å². The fourth-order valence-electron chi connectivity index (χ4n) is 2.52. The Balaban J connectivity index is 2.21. The van der Waals surface area contributed by atoms with Crippen LogP contribution in [-0.2, 0) is 9.53 Å². The van der Waals surface area contributed by atoms with Gasteiger partial charge in [0.15, 0.2) is 0 Å². The Kier molecular flexibility index (Phi) is 3.82. The number of carbonyl (C=O) groups is 1. The molecule has 0 unspecified atom stereocenters. The van der Waals surface area contributed by atoms with Crippen LogP contribution in [0.2, 0.25) is 0 Å². The molecule has 0 aromatic rings. The van der Waals surface area contributed by atoms with Crippen molar-refractivity contribution < 1.29 is 9.53 Å². The Morgan fingerprint density at radius 1 is 1.35 bits per heavy atom. The van der Waals surface area contributed by atoms with Crippen molar-refractivity contribution in [2.45, 2.75) is 52.1 Å². The van der Waals surface area contributed by atoms with Crippen molar-refractivity contribution in [1.82, 2.24) is 0 Å². The first-order valence-corrected chi connectivity index (χ1v) is 6.45. The zero-order valence-corrected chi connectivity index (χ0v) is 10.7. The Bertz CT molecular complexity index is 399. The van der Waals surface area contributed by atoms with E-state index < -0.39 is 0 Å². The van der Waals surface area contributed by atoms with E-state index >= 15 is 0 Å². The van der Waals surface area contributed by atoms with Crippen molar-refractivity contribution in [3.63, 3.8) is 0 Å². The predicted molar refractivity (Wildman–Crippen MR) is 68.6 cm³/mol. The second-order valence-electron chi connectivity index (χ2n) is 4.78. The third kappa shape index (κ3) is 2.68. The lowest BCUT2D eigenvalue weighted by atomic mass is 9.95. The molecule has 92 valence electrons. The van der Waals surface area contributed by atoms with E-state index in [-0.39, 0.29) is 12.1 Å². The summed E-state index contributed by atoms with van der Waals surface area (Å²) < 4.78 is 5.44. The van der Waals surface area contributed by atoms with Crippen molar-refractivity contribution in [3.05, 3.63) is 34.9 Å². The van der Waals surface area contributed by atoms with Crippen LogP contribution in [-0.4, -0.2) is 12.1 Å². The molecule has 1 heterocycles. The summed E-state index contributed by atoms with van der Waals surface area (Å²) in [5.74, 6) is -0.146. The van der Waals surface area contributed by atoms with Crippen molar-refractivity contribution in [2.24, 2.45) is 0 Å². The smallest absolute Gasteiger partial charge is 0.338 e. The van der Waals surface area contributed by atoms with Gasteiger partial charge in [0.1, 0.15) is 6.10 Å². The second-order valence-corrected chi connectivity index (χ2v) is 4.78. The Morgan fingerprint density at radius 3 is 2.88 bits per heavy atom. The van der Waals surface area contributed by atoms with Gasteiger partial charge < -0.3 is 4.74 Å². The molecule has 17 heavy (non-hydrogen) atoms. The minimum atomic E-state index is -0.146. The highest BCUT2D eigenvalue weighted by Gasteiger charge is 2.33. The van der Waals surface area contributed by atoms with Gasteiger partial charge in [-0.15, -0.1) is 0 Å². The summed E-state index contributed by atoms with van der Waals surface area (Å²) in [6, 6.07) is 0. The molecule has 2 rings (SSSR count). The second kappa shape index (κ2) is 5.35. The average Bonchev–Trinajstić information content (AvgIpc) is 2.61. The summed E-state index contributed by atoms with van der Waals surface area (Å²) in [6.45, 7) is 4.09. The third-order valence-electron chi connectivity index (χ3n) is 3.48. The molecule has 0 bridgehead atoms. The molecule has 1 aliphatic carbocycles. The van der Waals surface area contributed by atoms with Crippen LogP contribution in [0, 0.1) is 0 Å². The van der Waals surface area contributed by atoms with Crippen LogP contribution in [0.15, 0.2) is 34.9 Å². The van der Waals surface area contributed by atoms with Crippen LogP contribution in [0.3, 0.4) is 0 Å². The molecule has 2 aliphatic rings. The van der Waals surface area contributed by atoms with Crippen LogP contribution in [0.5, 0.6) is 0 Å². The number of fused-ring (bicyclic) bond motifs is 1. The largest absolute Gasteiger partial charge is 0.454 e. The first-order chi connectivity index (χ1) is 8.22. The summed E-state index contributed by atoms with van der Waals surface area (Å²) in [5.41, 5.74) is 3.35. The molecule has 0 amide bonds. The van der Waals surface area contributed by atoms with Gasteiger partial charge in [-0.05, 0) is 46.0 Å². The van der Waals surface area contributed by atoms with Gasteiger partial charge in [0.25, 0.3) is 0 Å². The van der Waals surface area contributed by atoms with E-state index in [1.54, 1.807) is 0 Å². The van der Waals surface area contributed by atoms with E-state index in [1.165, 1.54) is 5.57 Å². The van der Waals surface area contributed by atoms with Crippen LogP contribution in [0.4, 0.5) is 0 Å². The highest BCUT2D eigenvalue weighted by molar-refractivity contribution is 5.96. The van der Waals surface area contributed by atoms with Crippen LogP contribution in [0.25, 0.3) is 0 Å². The molecule has 1 fully saturated rings. The molecule has 1 atom stereocenters. The maximum absolute atomic E-state index is 11.7. The van der Waals surface area contributed by atoms with Crippen molar-refractivity contribution in [2.75, 3.05) is 0 Å². The lowest BCUT2D eigenvalue weighted by Crippen LogP contribution is -2.09. The molecule has 0 saturated carbocycles. The predicted octanol–water partition coefficient (Wildman–Crippen LogP) is 3.69. The fourth-order valence-corrected chi connectivity index (χ4v) is 2.52. The monoisotopic (exact) mass is 232 g/mol. The summed E-state index contributed by atoms with van der Waals surface area (Å²) in [7, 11) is 0. The summed E-state index contributed by atoms with van der Waals surface area (Å²) >= 11 is 0. The van der Waals surface area contributed by atoms with Gasteiger partial charge in [0.05, 0.1) is 5.57 Å². The fraction of sp³-hybridized carbons (Fsp3) is 0.533. The van der Waals surface area contributed by atoms with Gasteiger partial charge >= 0.3 is 5.97 Å². The van der Waals surface area contributed by atoms with Gasteiger partial charge in [-0.3, -0.25) is 0 Å². The maximum Gasteiger partial charge on any atom is 0.338 e.